The van der Waals surface area contributed by atoms with Crippen molar-refractivity contribution in [2.75, 3.05) is 0 Å². The van der Waals surface area contributed by atoms with E-state index in [1.54, 1.807) is 18.2 Å². The number of ether oxygens (including phenoxy) is 1. The molecule has 0 aliphatic heterocycles. The number of benzene rings is 3. The van der Waals surface area contributed by atoms with E-state index in [9.17, 15) is 4.79 Å². The van der Waals surface area contributed by atoms with Crippen molar-refractivity contribution in [3.05, 3.63) is 88.9 Å². The highest BCUT2D eigenvalue weighted by Gasteiger charge is 2.07. The van der Waals surface area contributed by atoms with Crippen LogP contribution in [0.4, 0.5) is 0 Å². The van der Waals surface area contributed by atoms with Crippen LogP contribution in [-0.2, 0) is 6.61 Å². The molecule has 3 rings (SSSR count). The standard InChI is InChI=1S/C20H15ClO2/c21-18-8-4-7-16(11-18)20-12-19(10-9-17(20)13-22)23-14-15-5-2-1-3-6-15/h1-13H,14H2. The van der Waals surface area contributed by atoms with Crippen LogP contribution in [0.15, 0.2) is 72.8 Å². The van der Waals surface area contributed by atoms with E-state index >= 15 is 0 Å². The minimum absolute atomic E-state index is 0.482. The first-order valence-electron chi connectivity index (χ1n) is 7.28. The molecule has 0 aliphatic carbocycles. The highest BCUT2D eigenvalue weighted by atomic mass is 35.5. The number of aldehydes is 1. The third-order valence-electron chi connectivity index (χ3n) is 3.54. The van der Waals surface area contributed by atoms with Gasteiger partial charge < -0.3 is 4.74 Å². The predicted octanol–water partition coefficient (Wildman–Crippen LogP) is 5.40. The summed E-state index contributed by atoms with van der Waals surface area (Å²) in [6, 6.07) is 22.8. The van der Waals surface area contributed by atoms with Crippen LogP contribution >= 0.6 is 11.6 Å². The van der Waals surface area contributed by atoms with Crippen LogP contribution in [0.25, 0.3) is 11.1 Å². The van der Waals surface area contributed by atoms with E-state index in [1.807, 2.05) is 54.6 Å². The van der Waals surface area contributed by atoms with Gasteiger partial charge in [0.25, 0.3) is 0 Å². The Kier molecular flexibility index (Phi) is 4.74. The maximum atomic E-state index is 11.3. The second-order valence-electron chi connectivity index (χ2n) is 5.15. The first-order chi connectivity index (χ1) is 11.3. The summed E-state index contributed by atoms with van der Waals surface area (Å²) in [5.74, 6) is 0.717. The van der Waals surface area contributed by atoms with Crippen molar-refractivity contribution in [2.45, 2.75) is 6.61 Å². The maximum absolute atomic E-state index is 11.3. The quantitative estimate of drug-likeness (QED) is 0.588. The third kappa shape index (κ3) is 3.79. The topological polar surface area (TPSA) is 26.3 Å². The van der Waals surface area contributed by atoms with Crippen LogP contribution < -0.4 is 4.74 Å². The van der Waals surface area contributed by atoms with Crippen molar-refractivity contribution in [2.24, 2.45) is 0 Å². The average Bonchev–Trinajstić information content (AvgIpc) is 2.60. The molecule has 114 valence electrons. The van der Waals surface area contributed by atoms with Gasteiger partial charge in [-0.1, -0.05) is 54.1 Å². The monoisotopic (exact) mass is 322 g/mol. The van der Waals surface area contributed by atoms with E-state index in [0.717, 1.165) is 28.7 Å². The van der Waals surface area contributed by atoms with Crippen LogP contribution in [0.2, 0.25) is 5.02 Å². The normalized spacial score (nSPS) is 10.3. The second-order valence-corrected chi connectivity index (χ2v) is 5.59. The molecule has 0 unspecified atom stereocenters. The molecule has 23 heavy (non-hydrogen) atoms. The zero-order valence-electron chi connectivity index (χ0n) is 12.4. The molecule has 0 saturated carbocycles. The van der Waals surface area contributed by atoms with Crippen molar-refractivity contribution in [3.8, 4) is 16.9 Å². The summed E-state index contributed by atoms with van der Waals surface area (Å²) in [5, 5.41) is 0.634. The lowest BCUT2D eigenvalue weighted by Gasteiger charge is -2.11. The van der Waals surface area contributed by atoms with Gasteiger partial charge in [-0.3, -0.25) is 4.79 Å². The molecule has 0 fully saturated rings. The molecule has 0 saturated heterocycles. The van der Waals surface area contributed by atoms with Crippen molar-refractivity contribution in [1.29, 1.82) is 0 Å². The SMILES string of the molecule is O=Cc1ccc(OCc2ccccc2)cc1-c1cccc(Cl)c1. The predicted molar refractivity (Wildman–Crippen MR) is 93.0 cm³/mol. The highest BCUT2D eigenvalue weighted by molar-refractivity contribution is 6.30. The molecule has 3 aromatic carbocycles. The van der Waals surface area contributed by atoms with E-state index < -0.39 is 0 Å². The molecule has 0 atom stereocenters. The number of hydrogen-bond acceptors (Lipinski definition) is 2. The van der Waals surface area contributed by atoms with Crippen LogP contribution in [-0.4, -0.2) is 6.29 Å². The number of rotatable bonds is 5. The Bertz CT molecular complexity index is 813. The van der Waals surface area contributed by atoms with Gasteiger partial charge >= 0.3 is 0 Å². The Hall–Kier alpha value is -2.58. The Balaban J connectivity index is 1.88. The van der Waals surface area contributed by atoms with E-state index in [0.29, 0.717) is 17.2 Å². The van der Waals surface area contributed by atoms with Gasteiger partial charge in [-0.05, 0) is 47.0 Å². The molecule has 0 bridgehead atoms. The molecule has 0 aromatic heterocycles. The summed E-state index contributed by atoms with van der Waals surface area (Å²) in [7, 11) is 0. The fourth-order valence-electron chi connectivity index (χ4n) is 2.37. The van der Waals surface area contributed by atoms with Gasteiger partial charge in [-0.25, -0.2) is 0 Å². The largest absolute Gasteiger partial charge is 0.489 e. The highest BCUT2D eigenvalue weighted by Crippen LogP contribution is 2.29. The van der Waals surface area contributed by atoms with Gasteiger partial charge in [-0.15, -0.1) is 0 Å². The smallest absolute Gasteiger partial charge is 0.150 e. The molecular weight excluding hydrogens is 308 g/mol. The molecule has 0 spiro atoms. The van der Waals surface area contributed by atoms with Gasteiger partial charge in [0.05, 0.1) is 0 Å². The first kappa shape index (κ1) is 15.3. The molecule has 0 heterocycles. The lowest BCUT2D eigenvalue weighted by Crippen LogP contribution is -1.96. The minimum atomic E-state index is 0.482. The van der Waals surface area contributed by atoms with Gasteiger partial charge in [0.1, 0.15) is 12.4 Å². The summed E-state index contributed by atoms with van der Waals surface area (Å²) in [4.78, 5) is 11.3. The second kappa shape index (κ2) is 7.12. The summed E-state index contributed by atoms with van der Waals surface area (Å²) in [6.45, 7) is 0.482. The van der Waals surface area contributed by atoms with Crippen molar-refractivity contribution < 1.29 is 9.53 Å². The zero-order chi connectivity index (χ0) is 16.1. The molecule has 2 nitrogen and oxygen atoms in total. The summed E-state index contributed by atoms with van der Waals surface area (Å²) < 4.78 is 5.84. The summed E-state index contributed by atoms with van der Waals surface area (Å²) in [5.41, 5.74) is 3.41. The van der Waals surface area contributed by atoms with Gasteiger partial charge in [0, 0.05) is 10.6 Å². The molecule has 0 N–H and O–H groups in total. The van der Waals surface area contributed by atoms with Crippen molar-refractivity contribution in [3.63, 3.8) is 0 Å². The van der Waals surface area contributed by atoms with Gasteiger partial charge in [-0.2, -0.15) is 0 Å². The molecule has 3 heteroatoms. The lowest BCUT2D eigenvalue weighted by atomic mass is 10.00. The van der Waals surface area contributed by atoms with Crippen LogP contribution in [0.1, 0.15) is 15.9 Å². The molecular formula is C20H15ClO2. The fraction of sp³-hybridized carbons (Fsp3) is 0.0500. The summed E-state index contributed by atoms with van der Waals surface area (Å²) in [6.07, 6.45) is 0.844. The van der Waals surface area contributed by atoms with E-state index in [4.69, 9.17) is 16.3 Å². The Labute approximate surface area is 140 Å². The molecule has 0 aliphatic rings. The number of carbonyl (C=O) groups is 1. The maximum Gasteiger partial charge on any atom is 0.150 e. The molecule has 0 amide bonds. The van der Waals surface area contributed by atoms with E-state index in [-0.39, 0.29) is 0 Å². The average molecular weight is 323 g/mol. The van der Waals surface area contributed by atoms with Crippen LogP contribution in [0.5, 0.6) is 5.75 Å². The number of halogens is 1. The number of hydrogen-bond donors (Lipinski definition) is 0. The Morgan fingerprint density at radius 2 is 1.74 bits per heavy atom. The summed E-state index contributed by atoms with van der Waals surface area (Å²) >= 11 is 6.05. The Morgan fingerprint density at radius 1 is 0.913 bits per heavy atom. The van der Waals surface area contributed by atoms with E-state index in [1.165, 1.54) is 0 Å². The molecule has 3 aromatic rings. The third-order valence-corrected chi connectivity index (χ3v) is 3.77. The number of carbonyl (C=O) groups excluding carboxylic acids is 1. The fourth-order valence-corrected chi connectivity index (χ4v) is 2.57. The van der Waals surface area contributed by atoms with Gasteiger partial charge in [0.2, 0.25) is 0 Å². The molecule has 0 radical (unpaired) electrons. The van der Waals surface area contributed by atoms with E-state index in [2.05, 4.69) is 0 Å². The minimum Gasteiger partial charge on any atom is -0.489 e. The first-order valence-corrected chi connectivity index (χ1v) is 7.66. The zero-order valence-corrected chi connectivity index (χ0v) is 13.2. The lowest BCUT2D eigenvalue weighted by molar-refractivity contribution is 0.112. The van der Waals surface area contributed by atoms with Crippen molar-refractivity contribution in [1.82, 2.24) is 0 Å². The van der Waals surface area contributed by atoms with Crippen molar-refractivity contribution >= 4 is 17.9 Å². The van der Waals surface area contributed by atoms with Gasteiger partial charge in [0.15, 0.2) is 6.29 Å². The Morgan fingerprint density at radius 3 is 2.48 bits per heavy atom. The van der Waals surface area contributed by atoms with Crippen LogP contribution in [0.3, 0.4) is 0 Å². The van der Waals surface area contributed by atoms with Crippen LogP contribution in [0, 0.1) is 0 Å².